The van der Waals surface area contributed by atoms with Crippen molar-refractivity contribution in [1.29, 1.82) is 0 Å². The maximum atomic E-state index is 8.93. The number of carboxylic acids is 2. The summed E-state index contributed by atoms with van der Waals surface area (Å²) in [6, 6.07) is 0. The number of hydrogen-bond acceptors (Lipinski definition) is 4. The van der Waals surface area contributed by atoms with E-state index in [2.05, 4.69) is 0 Å². The van der Waals surface area contributed by atoms with Gasteiger partial charge in [-0.3, -0.25) is 0 Å². The second-order valence-corrected chi connectivity index (χ2v) is 0.575. The monoisotopic (exact) mass is 143 g/mol. The smallest absolute Gasteiger partial charge is 0.543 e. The Labute approximate surface area is 72.3 Å². The van der Waals surface area contributed by atoms with Gasteiger partial charge in [-0.2, -0.15) is 0 Å². The van der Waals surface area contributed by atoms with E-state index in [1.54, 1.807) is 0 Å². The SMILES string of the molecule is O=C([O-])C(=O)[O-].[Li+].[Ti+4]. The van der Waals surface area contributed by atoms with Crippen molar-refractivity contribution in [1.82, 2.24) is 0 Å². The van der Waals surface area contributed by atoms with Gasteiger partial charge in [0.15, 0.2) is 0 Å². The van der Waals surface area contributed by atoms with E-state index in [1.165, 1.54) is 0 Å². The Morgan fingerprint density at radius 3 is 1.12 bits per heavy atom. The van der Waals surface area contributed by atoms with Crippen LogP contribution in [-0.2, 0) is 31.3 Å². The standard InChI is InChI=1S/C2H2O4.Li.Ti/c3-1(4)2(5)6;;/h(H,3,4)(H,5,6);;/q;+1;+4/p-2. The molecule has 0 rings (SSSR count). The van der Waals surface area contributed by atoms with Gasteiger partial charge < -0.3 is 19.8 Å². The molecular formula is C2LiO4Ti+3. The summed E-state index contributed by atoms with van der Waals surface area (Å²) in [6.45, 7) is 0. The maximum Gasteiger partial charge on any atom is 4.00 e. The molecule has 0 radical (unpaired) electrons. The molecule has 0 saturated carbocycles. The number of carboxylic acid groups (broad SMARTS) is 2. The molecule has 0 amide bonds. The van der Waals surface area contributed by atoms with Crippen molar-refractivity contribution in [3.63, 3.8) is 0 Å². The molecule has 0 aromatic rings. The van der Waals surface area contributed by atoms with Gasteiger partial charge in [-0.05, 0) is 0 Å². The van der Waals surface area contributed by atoms with Crippen LogP contribution in [0.5, 0.6) is 0 Å². The van der Waals surface area contributed by atoms with Crippen molar-refractivity contribution in [3.05, 3.63) is 0 Å². The third kappa shape index (κ3) is 9.54. The minimum Gasteiger partial charge on any atom is -0.543 e. The molecule has 0 heterocycles. The van der Waals surface area contributed by atoms with Crippen molar-refractivity contribution in [2.24, 2.45) is 0 Å². The third-order valence-corrected chi connectivity index (χ3v) is 0.167. The van der Waals surface area contributed by atoms with Gasteiger partial charge in [0, 0.05) is 0 Å². The molecule has 0 aliphatic heterocycles. The summed E-state index contributed by atoms with van der Waals surface area (Å²) in [5.41, 5.74) is 0. The van der Waals surface area contributed by atoms with Gasteiger partial charge in [0.25, 0.3) is 0 Å². The molecule has 34 valence electrons. The predicted octanol–water partition coefficient (Wildman–Crippen LogP) is -6.51. The molecule has 0 aliphatic carbocycles. The predicted molar refractivity (Wildman–Crippen MR) is 10.0 cm³/mol. The Balaban J connectivity index is -0.000000125. The summed E-state index contributed by atoms with van der Waals surface area (Å²) in [4.78, 5) is 17.9. The number of hydrogen-bond donors (Lipinski definition) is 0. The van der Waals surface area contributed by atoms with Gasteiger partial charge in [-0.15, -0.1) is 0 Å². The van der Waals surface area contributed by atoms with E-state index in [9.17, 15) is 0 Å². The van der Waals surface area contributed by atoms with Gasteiger partial charge in [0.2, 0.25) is 0 Å². The summed E-state index contributed by atoms with van der Waals surface area (Å²) in [5.74, 6) is -4.37. The van der Waals surface area contributed by atoms with E-state index >= 15 is 0 Å². The van der Waals surface area contributed by atoms with E-state index in [0.717, 1.165) is 0 Å². The van der Waals surface area contributed by atoms with Crippen molar-refractivity contribution >= 4 is 11.9 Å². The zero-order valence-corrected chi connectivity index (χ0v) is 5.69. The van der Waals surface area contributed by atoms with E-state index < -0.39 is 11.9 Å². The number of carbonyl (C=O) groups is 2. The fourth-order valence-corrected chi connectivity index (χ4v) is 0. The van der Waals surface area contributed by atoms with Crippen LogP contribution in [0.15, 0.2) is 0 Å². The topological polar surface area (TPSA) is 80.3 Å². The van der Waals surface area contributed by atoms with Crippen molar-refractivity contribution < 1.29 is 60.4 Å². The fraction of sp³-hybridized carbons (Fsp3) is 0. The van der Waals surface area contributed by atoms with E-state index in [4.69, 9.17) is 19.8 Å². The Morgan fingerprint density at radius 2 is 1.12 bits per heavy atom. The second kappa shape index (κ2) is 7.25. The van der Waals surface area contributed by atoms with Crippen LogP contribution in [0.25, 0.3) is 0 Å². The summed E-state index contributed by atoms with van der Waals surface area (Å²) in [6.07, 6.45) is 0. The first-order valence-electron chi connectivity index (χ1n) is 1.07. The van der Waals surface area contributed by atoms with Crippen LogP contribution in [0.1, 0.15) is 0 Å². The molecule has 0 unspecified atom stereocenters. The number of aliphatic carboxylic acids is 2. The molecule has 0 aromatic carbocycles. The molecule has 0 aliphatic rings. The summed E-state index contributed by atoms with van der Waals surface area (Å²) < 4.78 is 0. The fourth-order valence-electron chi connectivity index (χ4n) is 0. The molecule has 0 aromatic heterocycles. The quantitative estimate of drug-likeness (QED) is 0.249. The Kier molecular flexibility index (Phi) is 14.3. The first kappa shape index (κ1) is 15.7. The minimum absolute atomic E-state index is 0. The normalized spacial score (nSPS) is 5.50. The Bertz CT molecular complexity index is 80.0. The van der Waals surface area contributed by atoms with Gasteiger partial charge in [-0.1, -0.05) is 0 Å². The Morgan fingerprint density at radius 1 is 1.00 bits per heavy atom. The van der Waals surface area contributed by atoms with E-state index in [1.807, 2.05) is 0 Å². The number of rotatable bonds is 0. The number of carbonyl (C=O) groups excluding carboxylic acids is 2. The molecule has 0 bridgehead atoms. The van der Waals surface area contributed by atoms with Gasteiger partial charge in [0.05, 0.1) is 11.9 Å². The zero-order chi connectivity index (χ0) is 5.15. The molecule has 0 spiro atoms. The van der Waals surface area contributed by atoms with Crippen LogP contribution in [0.3, 0.4) is 0 Å². The van der Waals surface area contributed by atoms with Crippen LogP contribution >= 0.6 is 0 Å². The third-order valence-electron chi connectivity index (χ3n) is 0.167. The molecule has 4 nitrogen and oxygen atoms in total. The van der Waals surface area contributed by atoms with Crippen molar-refractivity contribution in [2.45, 2.75) is 0 Å². The molecule has 6 heteroatoms. The summed E-state index contributed by atoms with van der Waals surface area (Å²) in [7, 11) is 0. The van der Waals surface area contributed by atoms with Gasteiger partial charge >= 0.3 is 40.6 Å². The molecule has 0 atom stereocenters. The largest absolute Gasteiger partial charge is 4.00 e. The molecular weight excluding hydrogens is 143 g/mol. The molecule has 0 N–H and O–H groups in total. The van der Waals surface area contributed by atoms with Crippen molar-refractivity contribution in [2.75, 3.05) is 0 Å². The zero-order valence-electron chi connectivity index (χ0n) is 4.13. The van der Waals surface area contributed by atoms with Gasteiger partial charge in [0.1, 0.15) is 0 Å². The summed E-state index contributed by atoms with van der Waals surface area (Å²) in [5, 5.41) is 17.9. The minimum atomic E-state index is -2.19. The Hall–Kier alpha value is 0.252. The average Bonchev–Trinajstić information content (AvgIpc) is 1.36. The van der Waals surface area contributed by atoms with E-state index in [0.29, 0.717) is 0 Å². The first-order valence-corrected chi connectivity index (χ1v) is 1.07. The van der Waals surface area contributed by atoms with Crippen LogP contribution in [0.4, 0.5) is 0 Å². The molecule has 8 heavy (non-hydrogen) atoms. The van der Waals surface area contributed by atoms with Crippen LogP contribution in [0, 0.1) is 0 Å². The van der Waals surface area contributed by atoms with Gasteiger partial charge in [-0.25, -0.2) is 0 Å². The second-order valence-electron chi connectivity index (χ2n) is 0.575. The maximum absolute atomic E-state index is 8.93. The van der Waals surface area contributed by atoms with E-state index in [-0.39, 0.29) is 40.6 Å². The van der Waals surface area contributed by atoms with Crippen molar-refractivity contribution in [3.8, 4) is 0 Å². The molecule has 0 fully saturated rings. The van der Waals surface area contributed by atoms with Crippen LogP contribution < -0.4 is 29.1 Å². The molecule has 0 saturated heterocycles. The average molecular weight is 143 g/mol. The van der Waals surface area contributed by atoms with Crippen LogP contribution in [-0.4, -0.2) is 11.9 Å². The van der Waals surface area contributed by atoms with Crippen LogP contribution in [0.2, 0.25) is 0 Å². The first-order chi connectivity index (χ1) is 2.64. The summed E-state index contributed by atoms with van der Waals surface area (Å²) >= 11 is 0.